The van der Waals surface area contributed by atoms with Crippen molar-refractivity contribution in [3.05, 3.63) is 29.3 Å². The molecule has 1 aliphatic rings. The summed E-state index contributed by atoms with van der Waals surface area (Å²) in [5.41, 5.74) is 0.372. The lowest BCUT2D eigenvalue weighted by Crippen LogP contribution is -2.25. The van der Waals surface area contributed by atoms with Gasteiger partial charge in [-0.25, -0.2) is 12.7 Å². The Kier molecular flexibility index (Phi) is 5.99. The minimum absolute atomic E-state index is 0.0952. The van der Waals surface area contributed by atoms with Gasteiger partial charge in [0.2, 0.25) is 0 Å². The molecule has 1 heterocycles. The summed E-state index contributed by atoms with van der Waals surface area (Å²) >= 11 is 0. The van der Waals surface area contributed by atoms with Crippen molar-refractivity contribution >= 4 is 21.8 Å². The average Bonchev–Trinajstić information content (AvgIpc) is 2.74. The third-order valence-electron chi connectivity index (χ3n) is 4.21. The van der Waals surface area contributed by atoms with Crippen molar-refractivity contribution in [3.8, 4) is 0 Å². The lowest BCUT2D eigenvalue weighted by atomic mass is 10.1. The Morgan fingerprint density at radius 1 is 1.12 bits per heavy atom. The van der Waals surface area contributed by atoms with E-state index >= 15 is 0 Å². The van der Waals surface area contributed by atoms with E-state index in [2.05, 4.69) is 12.2 Å². The highest BCUT2D eigenvalue weighted by Gasteiger charge is 2.38. The Bertz CT molecular complexity index is 728. The first kappa shape index (κ1) is 18.4. The van der Waals surface area contributed by atoms with Gasteiger partial charge in [0.15, 0.2) is 0 Å². The number of sulfonamides is 1. The molecule has 0 radical (unpaired) electrons. The fraction of sp³-hybridized carbons (Fsp3) is 0.529. The number of unbranched alkanes of at least 4 members (excludes halogenated alkanes) is 5. The molecule has 0 atom stereocenters. The van der Waals surface area contributed by atoms with Gasteiger partial charge >= 0.3 is 0 Å². The number of fused-ring (bicyclic) bond motifs is 1. The van der Waals surface area contributed by atoms with Crippen LogP contribution in [0.3, 0.4) is 0 Å². The van der Waals surface area contributed by atoms with Crippen LogP contribution < -0.4 is 5.32 Å². The number of rotatable bonds is 8. The van der Waals surface area contributed by atoms with Crippen molar-refractivity contribution < 1.29 is 18.0 Å². The first-order valence-electron chi connectivity index (χ1n) is 8.35. The third kappa shape index (κ3) is 3.77. The van der Waals surface area contributed by atoms with Gasteiger partial charge in [0.05, 0.1) is 5.56 Å². The number of hydrogen-bond donors (Lipinski definition) is 1. The fourth-order valence-corrected chi connectivity index (χ4v) is 4.01. The van der Waals surface area contributed by atoms with Gasteiger partial charge in [-0.05, 0) is 24.6 Å². The Morgan fingerprint density at radius 2 is 1.79 bits per heavy atom. The molecule has 0 saturated heterocycles. The summed E-state index contributed by atoms with van der Waals surface area (Å²) in [6.07, 6.45) is 6.79. The Labute approximate surface area is 143 Å². The number of amides is 2. The van der Waals surface area contributed by atoms with E-state index in [0.29, 0.717) is 10.8 Å². The number of nitrogens with one attached hydrogen (secondary N) is 1. The summed E-state index contributed by atoms with van der Waals surface area (Å²) in [6.45, 7) is 2.73. The summed E-state index contributed by atoms with van der Waals surface area (Å²) in [6, 6.07) is 4.17. The molecule has 0 unspecified atom stereocenters. The van der Waals surface area contributed by atoms with Crippen LogP contribution in [-0.4, -0.2) is 38.1 Å². The molecule has 1 aliphatic heterocycles. The van der Waals surface area contributed by atoms with Gasteiger partial charge < -0.3 is 5.32 Å². The summed E-state index contributed by atoms with van der Waals surface area (Å²) in [4.78, 5) is 23.9. The van der Waals surface area contributed by atoms with Gasteiger partial charge in [-0.2, -0.15) is 0 Å². The normalized spacial score (nSPS) is 15.4. The van der Waals surface area contributed by atoms with Crippen LogP contribution in [0.15, 0.2) is 23.1 Å². The molecule has 0 saturated carbocycles. The molecule has 0 aliphatic carbocycles. The molecule has 0 aromatic heterocycles. The van der Waals surface area contributed by atoms with E-state index < -0.39 is 15.9 Å². The molecular formula is C17H24N2O4S. The monoisotopic (exact) mass is 352 g/mol. The van der Waals surface area contributed by atoms with Crippen molar-refractivity contribution in [2.24, 2.45) is 0 Å². The summed E-state index contributed by atoms with van der Waals surface area (Å²) in [7, 11) is -2.61. The lowest BCUT2D eigenvalue weighted by molar-refractivity contribution is 0.0889. The second kappa shape index (κ2) is 7.79. The summed E-state index contributed by atoms with van der Waals surface area (Å²) in [5.74, 6) is -0.882. The molecule has 132 valence electrons. The van der Waals surface area contributed by atoms with Crippen LogP contribution in [0.25, 0.3) is 0 Å². The van der Waals surface area contributed by atoms with Crippen LogP contribution >= 0.6 is 0 Å². The van der Waals surface area contributed by atoms with Crippen LogP contribution in [0.5, 0.6) is 0 Å². The average molecular weight is 352 g/mol. The molecular weight excluding hydrogens is 328 g/mol. The molecule has 2 amide bonds. The molecule has 1 aromatic rings. The number of carbonyl (C=O) groups excluding carboxylic acids is 2. The van der Waals surface area contributed by atoms with Crippen molar-refractivity contribution in [1.82, 2.24) is 9.62 Å². The topological polar surface area (TPSA) is 83.6 Å². The van der Waals surface area contributed by atoms with Crippen LogP contribution in [0, 0.1) is 0 Å². The quantitative estimate of drug-likeness (QED) is 0.729. The number of benzene rings is 1. The Morgan fingerprint density at radius 3 is 2.50 bits per heavy atom. The SMILES string of the molecule is CCCCCCCCNC(=O)c1ccc2c(c1)S(=O)(=O)N(C)C2=O. The van der Waals surface area contributed by atoms with E-state index in [4.69, 9.17) is 0 Å². The van der Waals surface area contributed by atoms with E-state index in [-0.39, 0.29) is 21.9 Å². The molecule has 1 N–H and O–H groups in total. The van der Waals surface area contributed by atoms with Gasteiger partial charge in [0.1, 0.15) is 4.90 Å². The summed E-state index contributed by atoms with van der Waals surface area (Å²) in [5, 5.41) is 2.80. The zero-order valence-electron chi connectivity index (χ0n) is 14.2. The number of hydrogen-bond acceptors (Lipinski definition) is 4. The van der Waals surface area contributed by atoms with Gasteiger partial charge in [-0.15, -0.1) is 0 Å². The number of carbonyl (C=O) groups is 2. The predicted molar refractivity (Wildman–Crippen MR) is 91.4 cm³/mol. The molecule has 7 heteroatoms. The van der Waals surface area contributed by atoms with E-state index in [9.17, 15) is 18.0 Å². The smallest absolute Gasteiger partial charge is 0.268 e. The fourth-order valence-electron chi connectivity index (χ4n) is 2.69. The third-order valence-corrected chi connectivity index (χ3v) is 6.00. The van der Waals surface area contributed by atoms with Crippen LogP contribution in [0.1, 0.15) is 66.2 Å². The predicted octanol–water partition coefficient (Wildman–Crippen LogP) is 2.55. The molecule has 0 spiro atoms. The zero-order chi connectivity index (χ0) is 17.7. The van der Waals surface area contributed by atoms with Crippen molar-refractivity contribution in [2.45, 2.75) is 50.3 Å². The molecule has 24 heavy (non-hydrogen) atoms. The Hall–Kier alpha value is -1.89. The lowest BCUT2D eigenvalue weighted by Gasteiger charge is -2.07. The molecule has 0 bridgehead atoms. The molecule has 1 aromatic carbocycles. The van der Waals surface area contributed by atoms with E-state index in [1.165, 1.54) is 44.5 Å². The highest BCUT2D eigenvalue weighted by atomic mass is 32.2. The minimum Gasteiger partial charge on any atom is -0.352 e. The van der Waals surface area contributed by atoms with Crippen LogP contribution in [0.2, 0.25) is 0 Å². The largest absolute Gasteiger partial charge is 0.352 e. The minimum atomic E-state index is -3.82. The van der Waals surface area contributed by atoms with E-state index in [1.54, 1.807) is 0 Å². The second-order valence-corrected chi connectivity index (χ2v) is 7.95. The highest BCUT2D eigenvalue weighted by molar-refractivity contribution is 7.90. The maximum atomic E-state index is 12.1. The number of nitrogens with zero attached hydrogens (tertiary/aromatic N) is 1. The molecule has 6 nitrogen and oxygen atoms in total. The zero-order valence-corrected chi connectivity index (χ0v) is 15.0. The second-order valence-electron chi connectivity index (χ2n) is 6.01. The highest BCUT2D eigenvalue weighted by Crippen LogP contribution is 2.29. The molecule has 0 fully saturated rings. The molecule has 2 rings (SSSR count). The van der Waals surface area contributed by atoms with Crippen molar-refractivity contribution in [3.63, 3.8) is 0 Å². The van der Waals surface area contributed by atoms with Crippen molar-refractivity contribution in [1.29, 1.82) is 0 Å². The van der Waals surface area contributed by atoms with Gasteiger partial charge in [-0.3, -0.25) is 9.59 Å². The van der Waals surface area contributed by atoms with E-state index in [0.717, 1.165) is 19.3 Å². The standard InChI is InChI=1S/C17H24N2O4S/c1-3-4-5-6-7-8-11-18-16(20)13-9-10-14-15(12-13)24(22,23)19(2)17(14)21/h9-10,12H,3-8,11H2,1-2H3,(H,18,20). The first-order valence-corrected chi connectivity index (χ1v) is 9.79. The van der Waals surface area contributed by atoms with Crippen LogP contribution in [-0.2, 0) is 10.0 Å². The maximum absolute atomic E-state index is 12.1. The van der Waals surface area contributed by atoms with E-state index in [1.807, 2.05) is 0 Å². The van der Waals surface area contributed by atoms with Crippen LogP contribution in [0.4, 0.5) is 0 Å². The Balaban J connectivity index is 1.93. The maximum Gasteiger partial charge on any atom is 0.268 e. The van der Waals surface area contributed by atoms with Gasteiger partial charge in [0.25, 0.3) is 21.8 Å². The summed E-state index contributed by atoms with van der Waals surface area (Å²) < 4.78 is 25.0. The van der Waals surface area contributed by atoms with Gasteiger partial charge in [-0.1, -0.05) is 39.0 Å². The first-order chi connectivity index (χ1) is 11.4. The van der Waals surface area contributed by atoms with Gasteiger partial charge in [0, 0.05) is 19.2 Å². The van der Waals surface area contributed by atoms with Crippen molar-refractivity contribution in [2.75, 3.05) is 13.6 Å².